The summed E-state index contributed by atoms with van der Waals surface area (Å²) in [6.45, 7) is 1.89. The maximum Gasteiger partial charge on any atom is 0.228 e. The molecule has 0 aliphatic rings. The Kier molecular flexibility index (Phi) is 3.94. The van der Waals surface area contributed by atoms with Gasteiger partial charge in [0, 0.05) is 23.8 Å². The molecule has 0 aliphatic carbocycles. The van der Waals surface area contributed by atoms with Crippen molar-refractivity contribution in [3.05, 3.63) is 40.3 Å². The van der Waals surface area contributed by atoms with Crippen molar-refractivity contribution in [3.8, 4) is 5.75 Å². The lowest BCUT2D eigenvalue weighted by molar-refractivity contribution is 0.0921. The van der Waals surface area contributed by atoms with Gasteiger partial charge in [0.25, 0.3) is 0 Å². The molecule has 0 saturated heterocycles. The first-order chi connectivity index (χ1) is 8.69. The number of aryl methyl sites for hydroxylation is 1. The Hall–Kier alpha value is -1.88. The molecule has 5 heteroatoms. The number of anilines is 1. The molecule has 0 amide bonds. The second kappa shape index (κ2) is 5.64. The Morgan fingerprint density at radius 2 is 2.11 bits per heavy atom. The molecule has 1 aromatic heterocycles. The summed E-state index contributed by atoms with van der Waals surface area (Å²) < 4.78 is 5.42. The topological polar surface area (TPSA) is 51.2 Å². The van der Waals surface area contributed by atoms with E-state index in [0.29, 0.717) is 10.8 Å². The molecule has 1 N–H and O–H groups in total. The molecule has 18 heavy (non-hydrogen) atoms. The summed E-state index contributed by atoms with van der Waals surface area (Å²) >= 11 is 1.35. The average Bonchev–Trinajstić information content (AvgIpc) is 2.83. The highest BCUT2D eigenvalue weighted by molar-refractivity contribution is 7.11. The van der Waals surface area contributed by atoms with Crippen molar-refractivity contribution >= 4 is 22.8 Å². The summed E-state index contributed by atoms with van der Waals surface area (Å²) in [6.07, 6.45) is 0. The number of rotatable bonds is 5. The number of ketones is 1. The van der Waals surface area contributed by atoms with Gasteiger partial charge in [0.05, 0.1) is 0 Å². The van der Waals surface area contributed by atoms with Crippen LogP contribution in [0.3, 0.4) is 0 Å². The number of ether oxygens (including phenoxy) is 1. The smallest absolute Gasteiger partial charge is 0.228 e. The molecular weight excluding hydrogens is 248 g/mol. The number of nitrogens with zero attached hydrogens (tertiary/aromatic N) is 1. The lowest BCUT2D eigenvalue weighted by Gasteiger charge is -2.05. The molecule has 0 bridgehead atoms. The Labute approximate surface area is 110 Å². The van der Waals surface area contributed by atoms with Crippen LogP contribution in [-0.2, 0) is 0 Å². The van der Waals surface area contributed by atoms with Gasteiger partial charge in [0.2, 0.25) is 5.78 Å². The first-order valence-corrected chi connectivity index (χ1v) is 6.43. The van der Waals surface area contributed by atoms with E-state index in [1.54, 1.807) is 0 Å². The van der Waals surface area contributed by atoms with Gasteiger partial charge >= 0.3 is 0 Å². The van der Waals surface area contributed by atoms with Crippen LogP contribution in [0.2, 0.25) is 0 Å². The Morgan fingerprint density at radius 3 is 2.67 bits per heavy atom. The Bertz CT molecular complexity index is 534. The molecule has 1 aromatic carbocycles. The van der Waals surface area contributed by atoms with Gasteiger partial charge in [0.15, 0.2) is 11.6 Å². The van der Waals surface area contributed by atoms with E-state index in [1.165, 1.54) is 11.3 Å². The molecule has 0 aliphatic heterocycles. The number of aromatic nitrogens is 1. The van der Waals surface area contributed by atoms with Gasteiger partial charge in [-0.3, -0.25) is 4.79 Å². The van der Waals surface area contributed by atoms with Crippen LogP contribution in [-0.4, -0.2) is 24.4 Å². The average molecular weight is 262 g/mol. The zero-order valence-electron chi connectivity index (χ0n) is 10.3. The summed E-state index contributed by atoms with van der Waals surface area (Å²) in [5, 5.41) is 5.37. The van der Waals surface area contributed by atoms with E-state index in [1.807, 2.05) is 43.6 Å². The second-order valence-corrected chi connectivity index (χ2v) is 4.64. The lowest BCUT2D eigenvalue weighted by Crippen LogP contribution is -2.11. The molecule has 0 radical (unpaired) electrons. The molecule has 94 valence electrons. The minimum Gasteiger partial charge on any atom is -0.485 e. The number of carbonyl (C=O) groups excluding carboxylic acids is 1. The zero-order valence-corrected chi connectivity index (χ0v) is 11.1. The number of Topliss-reactive ketones (excluding diaryl/α,β-unsaturated/α-hetero) is 1. The molecule has 0 spiro atoms. The number of benzene rings is 1. The molecular formula is C13H14N2O2S. The van der Waals surface area contributed by atoms with Gasteiger partial charge in [-0.15, -0.1) is 11.3 Å². The summed E-state index contributed by atoms with van der Waals surface area (Å²) in [4.78, 5) is 15.9. The van der Waals surface area contributed by atoms with Gasteiger partial charge in [0.1, 0.15) is 5.75 Å². The monoisotopic (exact) mass is 262 g/mol. The van der Waals surface area contributed by atoms with E-state index >= 15 is 0 Å². The van der Waals surface area contributed by atoms with E-state index in [4.69, 9.17) is 4.74 Å². The summed E-state index contributed by atoms with van der Waals surface area (Å²) in [5.74, 6) is 0.585. The standard InChI is InChI=1S/C13H14N2O2S/c1-9-8-18-13(15-9)12(16)7-17-11-5-3-10(14-2)4-6-11/h3-6,8,14H,7H2,1-2H3. The minimum absolute atomic E-state index is 0.0197. The normalized spacial score (nSPS) is 10.1. The molecule has 2 rings (SSSR count). The minimum atomic E-state index is -0.0919. The fourth-order valence-corrected chi connectivity index (χ4v) is 2.13. The third-order valence-electron chi connectivity index (χ3n) is 2.37. The maximum absolute atomic E-state index is 11.8. The van der Waals surface area contributed by atoms with E-state index in [0.717, 1.165) is 11.4 Å². The molecule has 0 atom stereocenters. The number of nitrogens with one attached hydrogen (secondary N) is 1. The predicted octanol–water partition coefficient (Wildman–Crippen LogP) is 2.75. The van der Waals surface area contributed by atoms with Gasteiger partial charge < -0.3 is 10.1 Å². The molecule has 1 heterocycles. The van der Waals surface area contributed by atoms with Gasteiger partial charge in [-0.05, 0) is 31.2 Å². The highest BCUT2D eigenvalue weighted by Crippen LogP contribution is 2.16. The van der Waals surface area contributed by atoms with Gasteiger partial charge in [-0.2, -0.15) is 0 Å². The molecule has 0 fully saturated rings. The summed E-state index contributed by atoms with van der Waals surface area (Å²) in [6, 6.07) is 7.44. The van der Waals surface area contributed by atoms with Crippen LogP contribution in [0.25, 0.3) is 0 Å². The van der Waals surface area contributed by atoms with Gasteiger partial charge in [-0.25, -0.2) is 4.98 Å². The number of hydrogen-bond acceptors (Lipinski definition) is 5. The lowest BCUT2D eigenvalue weighted by atomic mass is 10.3. The van der Waals surface area contributed by atoms with Crippen molar-refractivity contribution in [2.45, 2.75) is 6.92 Å². The summed E-state index contributed by atoms with van der Waals surface area (Å²) in [5.41, 5.74) is 1.87. The molecule has 0 unspecified atom stereocenters. The van der Waals surface area contributed by atoms with E-state index in [9.17, 15) is 4.79 Å². The number of hydrogen-bond donors (Lipinski definition) is 1. The third kappa shape index (κ3) is 3.07. The van der Waals surface area contributed by atoms with Gasteiger partial charge in [-0.1, -0.05) is 0 Å². The van der Waals surface area contributed by atoms with E-state index in [-0.39, 0.29) is 12.4 Å². The third-order valence-corrected chi connectivity index (χ3v) is 3.37. The first-order valence-electron chi connectivity index (χ1n) is 5.55. The zero-order chi connectivity index (χ0) is 13.0. The Balaban J connectivity index is 1.92. The van der Waals surface area contributed by atoms with Crippen LogP contribution in [0.1, 0.15) is 15.5 Å². The SMILES string of the molecule is CNc1ccc(OCC(=O)c2nc(C)cs2)cc1. The highest BCUT2D eigenvalue weighted by atomic mass is 32.1. The molecule has 2 aromatic rings. The summed E-state index contributed by atoms with van der Waals surface area (Å²) in [7, 11) is 1.85. The number of thiazole rings is 1. The largest absolute Gasteiger partial charge is 0.485 e. The fraction of sp³-hybridized carbons (Fsp3) is 0.231. The van der Waals surface area contributed by atoms with Crippen molar-refractivity contribution in [1.29, 1.82) is 0 Å². The van der Waals surface area contributed by atoms with Crippen LogP contribution in [0.15, 0.2) is 29.6 Å². The quantitative estimate of drug-likeness (QED) is 0.842. The van der Waals surface area contributed by atoms with Crippen LogP contribution >= 0.6 is 11.3 Å². The van der Waals surface area contributed by atoms with E-state index in [2.05, 4.69) is 10.3 Å². The van der Waals surface area contributed by atoms with Crippen LogP contribution < -0.4 is 10.1 Å². The van der Waals surface area contributed by atoms with Crippen molar-refractivity contribution in [2.24, 2.45) is 0 Å². The Morgan fingerprint density at radius 1 is 1.39 bits per heavy atom. The van der Waals surface area contributed by atoms with Crippen molar-refractivity contribution < 1.29 is 9.53 Å². The molecule has 0 saturated carbocycles. The van der Waals surface area contributed by atoms with Crippen molar-refractivity contribution in [3.63, 3.8) is 0 Å². The molecule has 4 nitrogen and oxygen atoms in total. The van der Waals surface area contributed by atoms with Crippen LogP contribution in [0.4, 0.5) is 5.69 Å². The highest BCUT2D eigenvalue weighted by Gasteiger charge is 2.10. The maximum atomic E-state index is 11.8. The van der Waals surface area contributed by atoms with Crippen molar-refractivity contribution in [2.75, 3.05) is 19.0 Å². The fourth-order valence-electron chi connectivity index (χ4n) is 1.41. The van der Waals surface area contributed by atoms with Crippen molar-refractivity contribution in [1.82, 2.24) is 4.98 Å². The second-order valence-electron chi connectivity index (χ2n) is 3.78. The van der Waals surface area contributed by atoms with Crippen LogP contribution in [0.5, 0.6) is 5.75 Å². The first kappa shape index (κ1) is 12.6. The predicted molar refractivity (Wildman–Crippen MR) is 72.7 cm³/mol. The van der Waals surface area contributed by atoms with Crippen LogP contribution in [0, 0.1) is 6.92 Å². The van der Waals surface area contributed by atoms with E-state index < -0.39 is 0 Å². The number of carbonyl (C=O) groups is 1.